The van der Waals surface area contributed by atoms with E-state index in [0.717, 1.165) is 44.6 Å². The fourth-order valence-electron chi connectivity index (χ4n) is 9.68. The van der Waals surface area contributed by atoms with Gasteiger partial charge in [-0.15, -0.1) is 0 Å². The lowest BCUT2D eigenvalue weighted by molar-refractivity contribution is 0.669. The van der Waals surface area contributed by atoms with Crippen molar-refractivity contribution in [2.75, 3.05) is 4.90 Å². The summed E-state index contributed by atoms with van der Waals surface area (Å²) in [6.07, 6.45) is 0. The average Bonchev–Trinajstić information content (AvgIpc) is 3.75. The van der Waals surface area contributed by atoms with E-state index in [1.54, 1.807) is 0 Å². The first kappa shape index (κ1) is 37.3. The Morgan fingerprint density at radius 3 is 1.28 bits per heavy atom. The van der Waals surface area contributed by atoms with E-state index in [4.69, 9.17) is 4.42 Å². The quantitative estimate of drug-likeness (QED) is 0.142. The molecule has 12 aromatic rings. The standard InChI is InChI=1S/C62H41NO/c1-2-16-42(17-3-1)49-19-6-8-22-52(49)55-25-11-12-26-56(55)53-23-9-7-20-50(53)43-30-34-46(35-31-43)63(48-38-39-59-58-28-14-15-29-61(58)64-62(59)41-48)47-36-32-44(33-37-47)60-40-45-18-4-5-21-51(45)54-24-10-13-27-57(54)60/h1-41H. The van der Waals surface area contributed by atoms with Gasteiger partial charge in [0.05, 0.1) is 0 Å². The molecule has 0 aliphatic rings. The molecule has 0 amide bonds. The van der Waals surface area contributed by atoms with Gasteiger partial charge in [0.25, 0.3) is 0 Å². The van der Waals surface area contributed by atoms with Crippen LogP contribution >= 0.6 is 0 Å². The molecule has 0 saturated carbocycles. The highest BCUT2D eigenvalue weighted by Gasteiger charge is 2.19. The van der Waals surface area contributed by atoms with Gasteiger partial charge in [0, 0.05) is 33.9 Å². The van der Waals surface area contributed by atoms with Gasteiger partial charge in [-0.05, 0) is 126 Å². The van der Waals surface area contributed by atoms with E-state index in [0.29, 0.717) is 0 Å². The Kier molecular flexibility index (Phi) is 9.20. The molecule has 64 heavy (non-hydrogen) atoms. The Bertz CT molecular complexity index is 3660. The second-order valence-corrected chi connectivity index (χ2v) is 16.4. The molecule has 0 bridgehead atoms. The molecule has 0 fully saturated rings. The van der Waals surface area contributed by atoms with E-state index in [1.807, 2.05) is 12.1 Å². The molecule has 11 aromatic carbocycles. The molecule has 0 atom stereocenters. The number of hydrogen-bond donors (Lipinski definition) is 0. The third-order valence-electron chi connectivity index (χ3n) is 12.7. The van der Waals surface area contributed by atoms with Crippen LogP contribution < -0.4 is 4.90 Å². The van der Waals surface area contributed by atoms with Crippen molar-refractivity contribution in [3.8, 4) is 55.6 Å². The molecule has 0 radical (unpaired) electrons. The number of anilines is 3. The predicted molar refractivity (Wildman–Crippen MR) is 271 cm³/mol. The number of para-hydroxylation sites is 1. The lowest BCUT2D eigenvalue weighted by Gasteiger charge is -2.26. The number of nitrogens with zero attached hydrogens (tertiary/aromatic N) is 1. The van der Waals surface area contributed by atoms with Crippen LogP contribution in [0.2, 0.25) is 0 Å². The largest absolute Gasteiger partial charge is 0.456 e. The second kappa shape index (κ2) is 15.8. The smallest absolute Gasteiger partial charge is 0.137 e. The van der Waals surface area contributed by atoms with Crippen LogP contribution in [0.4, 0.5) is 17.1 Å². The summed E-state index contributed by atoms with van der Waals surface area (Å²) in [5.74, 6) is 0. The summed E-state index contributed by atoms with van der Waals surface area (Å²) in [7, 11) is 0. The zero-order valence-electron chi connectivity index (χ0n) is 35.0. The Morgan fingerprint density at radius 2 is 0.656 bits per heavy atom. The van der Waals surface area contributed by atoms with Crippen molar-refractivity contribution < 1.29 is 4.42 Å². The van der Waals surface area contributed by atoms with Gasteiger partial charge in [-0.2, -0.15) is 0 Å². The van der Waals surface area contributed by atoms with E-state index < -0.39 is 0 Å². The van der Waals surface area contributed by atoms with Crippen LogP contribution in [-0.2, 0) is 0 Å². The maximum atomic E-state index is 6.45. The van der Waals surface area contributed by atoms with Gasteiger partial charge >= 0.3 is 0 Å². The minimum atomic E-state index is 0.862. The molecule has 0 aliphatic carbocycles. The monoisotopic (exact) mass is 815 g/mol. The lowest BCUT2D eigenvalue weighted by Crippen LogP contribution is -2.09. The van der Waals surface area contributed by atoms with Gasteiger partial charge in [0.1, 0.15) is 11.2 Å². The van der Waals surface area contributed by atoms with Crippen molar-refractivity contribution in [2.45, 2.75) is 0 Å². The van der Waals surface area contributed by atoms with Gasteiger partial charge < -0.3 is 9.32 Å². The third-order valence-corrected chi connectivity index (χ3v) is 12.7. The maximum absolute atomic E-state index is 6.45. The zero-order valence-corrected chi connectivity index (χ0v) is 35.0. The molecule has 300 valence electrons. The van der Waals surface area contributed by atoms with Gasteiger partial charge in [-0.25, -0.2) is 0 Å². The van der Waals surface area contributed by atoms with Crippen LogP contribution in [0.1, 0.15) is 0 Å². The van der Waals surface area contributed by atoms with Gasteiger partial charge in [-0.1, -0.05) is 194 Å². The molecule has 0 N–H and O–H groups in total. The summed E-state index contributed by atoms with van der Waals surface area (Å²) in [5.41, 5.74) is 16.9. The van der Waals surface area contributed by atoms with Crippen molar-refractivity contribution in [2.24, 2.45) is 0 Å². The Balaban J connectivity index is 0.959. The van der Waals surface area contributed by atoms with Crippen LogP contribution in [0, 0.1) is 0 Å². The van der Waals surface area contributed by atoms with E-state index >= 15 is 0 Å². The number of furan rings is 1. The van der Waals surface area contributed by atoms with Crippen molar-refractivity contribution in [1.82, 2.24) is 0 Å². The molecule has 1 aromatic heterocycles. The third kappa shape index (κ3) is 6.52. The normalized spacial score (nSPS) is 11.4. The predicted octanol–water partition coefficient (Wildman–Crippen LogP) is 17.7. The fourth-order valence-corrected chi connectivity index (χ4v) is 9.68. The molecule has 0 unspecified atom stereocenters. The summed E-state index contributed by atoms with van der Waals surface area (Å²) in [5, 5.41) is 7.26. The summed E-state index contributed by atoms with van der Waals surface area (Å²) in [6, 6.07) is 89.6. The van der Waals surface area contributed by atoms with Gasteiger partial charge in [0.15, 0.2) is 0 Å². The van der Waals surface area contributed by atoms with Crippen LogP contribution in [0.3, 0.4) is 0 Å². The van der Waals surface area contributed by atoms with E-state index in [-0.39, 0.29) is 0 Å². The fraction of sp³-hybridized carbons (Fsp3) is 0. The maximum Gasteiger partial charge on any atom is 0.137 e. The average molecular weight is 816 g/mol. The van der Waals surface area contributed by atoms with Crippen LogP contribution in [-0.4, -0.2) is 0 Å². The van der Waals surface area contributed by atoms with Crippen molar-refractivity contribution in [1.29, 1.82) is 0 Å². The zero-order chi connectivity index (χ0) is 42.4. The SMILES string of the molecule is c1ccc(-c2ccccc2-c2ccccc2-c2ccccc2-c2ccc(N(c3ccc(-c4cc5ccccc5c5ccccc45)cc3)c3ccc4c(c3)oc3ccccc34)cc2)cc1. The lowest BCUT2D eigenvalue weighted by atomic mass is 9.87. The van der Waals surface area contributed by atoms with E-state index in [2.05, 4.69) is 241 Å². The highest BCUT2D eigenvalue weighted by Crippen LogP contribution is 2.44. The molecule has 2 heteroatoms. The molecule has 2 nitrogen and oxygen atoms in total. The molecule has 12 rings (SSSR count). The van der Waals surface area contributed by atoms with Crippen molar-refractivity contribution in [3.05, 3.63) is 249 Å². The topological polar surface area (TPSA) is 16.4 Å². The molecular formula is C62H41NO. The molecule has 0 aliphatic heterocycles. The van der Waals surface area contributed by atoms with Crippen LogP contribution in [0.25, 0.3) is 99.1 Å². The number of hydrogen-bond acceptors (Lipinski definition) is 2. The summed E-state index contributed by atoms with van der Waals surface area (Å²) >= 11 is 0. The summed E-state index contributed by atoms with van der Waals surface area (Å²) in [4.78, 5) is 2.33. The Hall–Kier alpha value is -8.46. The Labute approximate surface area is 372 Å². The minimum absolute atomic E-state index is 0.862. The first-order chi connectivity index (χ1) is 31.7. The highest BCUT2D eigenvalue weighted by molar-refractivity contribution is 6.14. The Morgan fingerprint density at radius 1 is 0.234 bits per heavy atom. The molecule has 0 spiro atoms. The minimum Gasteiger partial charge on any atom is -0.456 e. The van der Waals surface area contributed by atoms with Gasteiger partial charge in [0.2, 0.25) is 0 Å². The summed E-state index contributed by atoms with van der Waals surface area (Å²) in [6.45, 7) is 0. The first-order valence-corrected chi connectivity index (χ1v) is 21.9. The van der Waals surface area contributed by atoms with E-state index in [1.165, 1.54) is 71.6 Å². The van der Waals surface area contributed by atoms with Crippen LogP contribution in [0.5, 0.6) is 0 Å². The van der Waals surface area contributed by atoms with Crippen molar-refractivity contribution in [3.63, 3.8) is 0 Å². The first-order valence-electron chi connectivity index (χ1n) is 21.9. The second-order valence-electron chi connectivity index (χ2n) is 16.4. The number of fused-ring (bicyclic) bond motifs is 6. The molecular weight excluding hydrogens is 775 g/mol. The molecule has 1 heterocycles. The number of rotatable bonds is 8. The van der Waals surface area contributed by atoms with Crippen LogP contribution in [0.15, 0.2) is 253 Å². The van der Waals surface area contributed by atoms with Gasteiger partial charge in [-0.3, -0.25) is 0 Å². The van der Waals surface area contributed by atoms with Crippen molar-refractivity contribution >= 4 is 60.5 Å². The molecule has 0 saturated heterocycles. The van der Waals surface area contributed by atoms with E-state index in [9.17, 15) is 0 Å². The highest BCUT2D eigenvalue weighted by atomic mass is 16.3. The number of benzene rings is 11. The summed E-state index contributed by atoms with van der Waals surface area (Å²) < 4.78 is 6.45.